The Morgan fingerprint density at radius 3 is 2.57 bits per heavy atom. The van der Waals surface area contributed by atoms with Crippen LogP contribution in [-0.2, 0) is 4.79 Å². The normalized spacial score (nSPS) is 11.8. The molecule has 1 heterocycles. The molecular formula is C17H17N5O. The first kappa shape index (κ1) is 16.0. The summed E-state index contributed by atoms with van der Waals surface area (Å²) in [4.78, 5) is 20.0. The van der Waals surface area contributed by atoms with Crippen molar-refractivity contribution in [3.05, 3.63) is 78.5 Å². The number of benzene rings is 1. The van der Waals surface area contributed by atoms with Crippen molar-refractivity contribution in [2.24, 2.45) is 16.5 Å². The van der Waals surface area contributed by atoms with Crippen LogP contribution in [0.5, 0.6) is 0 Å². The zero-order chi connectivity index (χ0) is 16.7. The zero-order valence-electron chi connectivity index (χ0n) is 12.4. The SMILES string of the molecule is C=C(C=N/C(N)=C(\N)C(=O)Nc1ccccc1)c1cccnc1. The highest BCUT2D eigenvalue weighted by atomic mass is 16.2. The van der Waals surface area contributed by atoms with Gasteiger partial charge in [0.2, 0.25) is 0 Å². The van der Waals surface area contributed by atoms with Crippen LogP contribution in [0.4, 0.5) is 5.69 Å². The van der Waals surface area contributed by atoms with Crippen molar-refractivity contribution in [3.8, 4) is 0 Å². The summed E-state index contributed by atoms with van der Waals surface area (Å²) in [7, 11) is 0. The summed E-state index contributed by atoms with van der Waals surface area (Å²) in [6, 6.07) is 12.6. The first-order valence-electron chi connectivity index (χ1n) is 6.83. The number of hydrogen-bond donors (Lipinski definition) is 3. The van der Waals surface area contributed by atoms with Crippen molar-refractivity contribution in [1.82, 2.24) is 4.98 Å². The van der Waals surface area contributed by atoms with Crippen molar-refractivity contribution < 1.29 is 4.79 Å². The number of nitrogens with zero attached hydrogens (tertiary/aromatic N) is 2. The number of anilines is 1. The molecule has 116 valence electrons. The molecular weight excluding hydrogens is 290 g/mol. The standard InChI is InChI=1S/C17H17N5O/c1-12(13-6-5-9-20-11-13)10-21-16(19)15(18)17(23)22-14-7-3-2-4-8-14/h2-11H,1,18-19H2,(H,22,23)/b16-15-,21-10?. The predicted molar refractivity (Wildman–Crippen MR) is 92.2 cm³/mol. The highest BCUT2D eigenvalue weighted by Gasteiger charge is 2.09. The lowest BCUT2D eigenvalue weighted by atomic mass is 10.1. The van der Waals surface area contributed by atoms with Gasteiger partial charge in [-0.1, -0.05) is 30.8 Å². The number of hydrogen-bond acceptors (Lipinski definition) is 5. The third kappa shape index (κ3) is 4.53. The van der Waals surface area contributed by atoms with E-state index in [1.54, 1.807) is 42.7 Å². The van der Waals surface area contributed by atoms with Gasteiger partial charge in [0.1, 0.15) is 5.70 Å². The lowest BCUT2D eigenvalue weighted by molar-refractivity contribution is -0.113. The second-order valence-corrected chi connectivity index (χ2v) is 4.64. The molecule has 0 radical (unpaired) electrons. The fourth-order valence-electron chi connectivity index (χ4n) is 1.68. The van der Waals surface area contributed by atoms with E-state index in [9.17, 15) is 4.79 Å². The smallest absolute Gasteiger partial charge is 0.275 e. The summed E-state index contributed by atoms with van der Waals surface area (Å²) in [5.74, 6) is -0.596. The fourth-order valence-corrected chi connectivity index (χ4v) is 1.68. The Labute approximate surface area is 134 Å². The molecule has 2 rings (SSSR count). The summed E-state index contributed by atoms with van der Waals surface area (Å²) in [6.07, 6.45) is 4.75. The number of aromatic nitrogens is 1. The summed E-state index contributed by atoms with van der Waals surface area (Å²) < 4.78 is 0. The highest BCUT2D eigenvalue weighted by Crippen LogP contribution is 2.09. The van der Waals surface area contributed by atoms with Gasteiger partial charge in [-0.3, -0.25) is 9.78 Å². The topological polar surface area (TPSA) is 106 Å². The first-order valence-corrected chi connectivity index (χ1v) is 6.83. The molecule has 0 fully saturated rings. The van der Waals surface area contributed by atoms with Crippen LogP contribution in [0.1, 0.15) is 5.56 Å². The third-order valence-corrected chi connectivity index (χ3v) is 2.94. The average molecular weight is 307 g/mol. The number of aliphatic imine (C=N–C) groups is 1. The van der Waals surface area contributed by atoms with Crippen molar-refractivity contribution in [2.75, 3.05) is 5.32 Å². The van der Waals surface area contributed by atoms with E-state index in [0.29, 0.717) is 11.3 Å². The molecule has 6 heteroatoms. The van der Waals surface area contributed by atoms with Gasteiger partial charge in [0.05, 0.1) is 0 Å². The van der Waals surface area contributed by atoms with Gasteiger partial charge in [-0.15, -0.1) is 0 Å². The molecule has 1 amide bonds. The molecule has 0 aliphatic carbocycles. The molecule has 0 saturated heterocycles. The quantitative estimate of drug-likeness (QED) is 0.579. The second kappa shape index (κ2) is 7.56. The van der Waals surface area contributed by atoms with E-state index < -0.39 is 5.91 Å². The second-order valence-electron chi connectivity index (χ2n) is 4.64. The van der Waals surface area contributed by atoms with E-state index in [0.717, 1.165) is 5.56 Å². The molecule has 0 bridgehead atoms. The maximum atomic E-state index is 12.0. The Bertz CT molecular complexity index is 751. The average Bonchev–Trinajstić information content (AvgIpc) is 2.60. The van der Waals surface area contributed by atoms with Crippen LogP contribution in [0.25, 0.3) is 5.57 Å². The lowest BCUT2D eigenvalue weighted by Gasteiger charge is -2.06. The molecule has 0 unspecified atom stereocenters. The fraction of sp³-hybridized carbons (Fsp3) is 0. The van der Waals surface area contributed by atoms with Crippen LogP contribution in [-0.4, -0.2) is 17.1 Å². The van der Waals surface area contributed by atoms with Gasteiger partial charge in [-0.05, 0) is 23.8 Å². The lowest BCUT2D eigenvalue weighted by Crippen LogP contribution is -2.23. The van der Waals surface area contributed by atoms with Crippen LogP contribution in [0.3, 0.4) is 0 Å². The molecule has 6 nitrogen and oxygen atoms in total. The van der Waals surface area contributed by atoms with Gasteiger partial charge < -0.3 is 16.8 Å². The maximum Gasteiger partial charge on any atom is 0.275 e. The number of pyridine rings is 1. The van der Waals surface area contributed by atoms with Crippen molar-refractivity contribution in [1.29, 1.82) is 0 Å². The number of allylic oxidation sites excluding steroid dienone is 1. The number of nitrogens with one attached hydrogen (secondary N) is 1. The largest absolute Gasteiger partial charge is 0.391 e. The van der Waals surface area contributed by atoms with Crippen LogP contribution in [0.2, 0.25) is 0 Å². The minimum Gasteiger partial charge on any atom is -0.391 e. The molecule has 0 aliphatic rings. The van der Waals surface area contributed by atoms with E-state index in [1.807, 2.05) is 12.1 Å². The highest BCUT2D eigenvalue weighted by molar-refractivity contribution is 6.09. The third-order valence-electron chi connectivity index (χ3n) is 2.94. The van der Waals surface area contributed by atoms with Gasteiger partial charge in [-0.25, -0.2) is 4.99 Å². The molecule has 0 aliphatic heterocycles. The predicted octanol–water partition coefficient (Wildman–Crippen LogP) is 1.89. The van der Waals surface area contributed by atoms with Gasteiger partial charge in [0.15, 0.2) is 5.82 Å². The van der Waals surface area contributed by atoms with Crippen molar-refractivity contribution in [3.63, 3.8) is 0 Å². The monoisotopic (exact) mass is 307 g/mol. The maximum absolute atomic E-state index is 12.0. The molecule has 2 aromatic rings. The van der Waals surface area contributed by atoms with Gasteiger partial charge in [0.25, 0.3) is 5.91 Å². The molecule has 1 aromatic carbocycles. The number of rotatable bonds is 5. The molecule has 1 aromatic heterocycles. The number of carbonyl (C=O) groups excluding carboxylic acids is 1. The molecule has 0 saturated carbocycles. The summed E-state index contributed by atoms with van der Waals surface area (Å²) >= 11 is 0. The summed E-state index contributed by atoms with van der Waals surface area (Å²) in [5, 5.41) is 2.63. The molecule has 5 N–H and O–H groups in total. The Kier molecular flexibility index (Phi) is 5.25. The Hall–Kier alpha value is -3.41. The summed E-state index contributed by atoms with van der Waals surface area (Å²) in [6.45, 7) is 3.86. The number of nitrogens with two attached hydrogens (primary N) is 2. The van der Waals surface area contributed by atoms with Crippen LogP contribution >= 0.6 is 0 Å². The van der Waals surface area contributed by atoms with Gasteiger partial charge >= 0.3 is 0 Å². The number of carbonyl (C=O) groups is 1. The Morgan fingerprint density at radius 1 is 1.17 bits per heavy atom. The number of amides is 1. The molecule has 0 spiro atoms. The van der Waals surface area contributed by atoms with E-state index in [-0.39, 0.29) is 11.5 Å². The summed E-state index contributed by atoms with van der Waals surface area (Å²) in [5.41, 5.74) is 13.3. The number of para-hydroxylation sites is 1. The Morgan fingerprint density at radius 2 is 1.91 bits per heavy atom. The van der Waals surface area contributed by atoms with E-state index in [4.69, 9.17) is 11.5 Å². The zero-order valence-corrected chi connectivity index (χ0v) is 12.4. The minimum atomic E-state index is -0.516. The van der Waals surface area contributed by atoms with Crippen molar-refractivity contribution in [2.45, 2.75) is 0 Å². The minimum absolute atomic E-state index is 0.0801. The van der Waals surface area contributed by atoms with Gasteiger partial charge in [-0.2, -0.15) is 0 Å². The van der Waals surface area contributed by atoms with Gasteiger partial charge in [0, 0.05) is 29.9 Å². The van der Waals surface area contributed by atoms with E-state index >= 15 is 0 Å². The molecule has 0 atom stereocenters. The van der Waals surface area contributed by atoms with Crippen molar-refractivity contribution >= 4 is 23.4 Å². The van der Waals surface area contributed by atoms with Crippen LogP contribution in [0.15, 0.2) is 77.9 Å². The van der Waals surface area contributed by atoms with E-state index in [2.05, 4.69) is 21.9 Å². The Balaban J connectivity index is 2.06. The molecule has 23 heavy (non-hydrogen) atoms. The van der Waals surface area contributed by atoms with Crippen LogP contribution in [0, 0.1) is 0 Å². The van der Waals surface area contributed by atoms with E-state index in [1.165, 1.54) is 6.21 Å². The first-order chi connectivity index (χ1) is 11.1. The van der Waals surface area contributed by atoms with Crippen LogP contribution < -0.4 is 16.8 Å².